The molecule has 1 unspecified atom stereocenters. The van der Waals surface area contributed by atoms with Gasteiger partial charge in [0.15, 0.2) is 11.6 Å². The molecule has 0 saturated carbocycles. The second kappa shape index (κ2) is 5.95. The second-order valence-corrected chi connectivity index (χ2v) is 5.15. The molecule has 3 aromatic rings. The van der Waals surface area contributed by atoms with Gasteiger partial charge in [-0.1, -0.05) is 18.2 Å². The molecule has 0 radical (unpaired) electrons. The van der Waals surface area contributed by atoms with Crippen LogP contribution in [0.15, 0.2) is 42.9 Å². The van der Waals surface area contributed by atoms with E-state index in [1.54, 1.807) is 24.7 Å². The molecule has 0 spiro atoms. The number of thiol groups is 1. The van der Waals surface area contributed by atoms with Crippen molar-refractivity contribution in [2.45, 2.75) is 5.25 Å². The first-order valence-electron chi connectivity index (χ1n) is 6.55. The lowest BCUT2D eigenvalue weighted by Gasteiger charge is -2.12. The van der Waals surface area contributed by atoms with Crippen molar-refractivity contribution in [1.82, 2.24) is 24.7 Å². The molecule has 2 aromatic heterocycles. The highest BCUT2D eigenvalue weighted by molar-refractivity contribution is 7.80. The molecule has 0 aliphatic rings. The molecule has 0 amide bonds. The molecule has 108 valence electrons. The van der Waals surface area contributed by atoms with E-state index >= 15 is 0 Å². The molecule has 0 aliphatic heterocycles. The molecule has 1 atom stereocenters. The lowest BCUT2D eigenvalue weighted by molar-refractivity contribution is 0.816. The predicted octanol–water partition coefficient (Wildman–Crippen LogP) is 2.16. The van der Waals surface area contributed by atoms with E-state index in [0.29, 0.717) is 22.9 Å². The monoisotopic (exact) mass is 308 g/mol. The van der Waals surface area contributed by atoms with Gasteiger partial charge in [-0.15, -0.1) is 10.2 Å². The van der Waals surface area contributed by atoms with Crippen LogP contribution in [0.1, 0.15) is 22.2 Å². The standard InChI is InChI=1S/C15H12N6S/c1-21-14(12-9-17-6-7-18-12)19-20-15(21)13(22)11-5-3-2-4-10(11)8-16/h2-7,9,13,22H,1H3. The fourth-order valence-corrected chi connectivity index (χ4v) is 2.64. The van der Waals surface area contributed by atoms with Crippen LogP contribution in [0.25, 0.3) is 11.5 Å². The zero-order valence-electron chi connectivity index (χ0n) is 11.7. The summed E-state index contributed by atoms with van der Waals surface area (Å²) in [7, 11) is 1.84. The van der Waals surface area contributed by atoms with E-state index < -0.39 is 0 Å². The Balaban J connectivity index is 2.03. The summed E-state index contributed by atoms with van der Waals surface area (Å²) in [6.45, 7) is 0. The number of aromatic nitrogens is 5. The summed E-state index contributed by atoms with van der Waals surface area (Å²) in [5.74, 6) is 1.25. The van der Waals surface area contributed by atoms with Gasteiger partial charge >= 0.3 is 0 Å². The Labute approximate surface area is 132 Å². The highest BCUT2D eigenvalue weighted by Gasteiger charge is 2.21. The Kier molecular flexibility index (Phi) is 3.85. The largest absolute Gasteiger partial charge is 0.312 e. The van der Waals surface area contributed by atoms with Crippen molar-refractivity contribution in [2.24, 2.45) is 7.05 Å². The minimum absolute atomic E-state index is 0.348. The molecular weight excluding hydrogens is 296 g/mol. The van der Waals surface area contributed by atoms with Crippen molar-refractivity contribution in [2.75, 3.05) is 0 Å². The van der Waals surface area contributed by atoms with Crippen LogP contribution in [0.5, 0.6) is 0 Å². The van der Waals surface area contributed by atoms with Gasteiger partial charge in [-0.3, -0.25) is 4.98 Å². The second-order valence-electron chi connectivity index (χ2n) is 4.63. The average Bonchev–Trinajstić information content (AvgIpc) is 2.96. The smallest absolute Gasteiger partial charge is 0.183 e. The molecule has 0 N–H and O–H groups in total. The van der Waals surface area contributed by atoms with E-state index in [0.717, 1.165) is 5.56 Å². The normalized spacial score (nSPS) is 11.9. The molecule has 0 aliphatic carbocycles. The molecule has 6 nitrogen and oxygen atoms in total. The summed E-state index contributed by atoms with van der Waals surface area (Å²) in [5.41, 5.74) is 2.01. The van der Waals surface area contributed by atoms with Crippen LogP contribution in [0.4, 0.5) is 0 Å². The van der Waals surface area contributed by atoms with E-state index in [2.05, 4.69) is 38.9 Å². The van der Waals surface area contributed by atoms with E-state index in [9.17, 15) is 5.26 Å². The highest BCUT2D eigenvalue weighted by atomic mass is 32.1. The third-order valence-electron chi connectivity index (χ3n) is 3.32. The van der Waals surface area contributed by atoms with Crippen molar-refractivity contribution in [3.8, 4) is 17.6 Å². The molecule has 0 saturated heterocycles. The molecule has 3 rings (SSSR count). The Bertz CT molecular complexity index is 837. The zero-order chi connectivity index (χ0) is 15.5. The lowest BCUT2D eigenvalue weighted by Crippen LogP contribution is -2.05. The molecule has 0 bridgehead atoms. The molecule has 0 fully saturated rings. The molecule has 1 aromatic carbocycles. The summed E-state index contributed by atoms with van der Waals surface area (Å²) < 4.78 is 1.82. The SMILES string of the molecule is Cn1c(-c2cnccn2)nnc1C(S)c1ccccc1C#N. The maximum atomic E-state index is 9.22. The summed E-state index contributed by atoms with van der Waals surface area (Å²) in [6, 6.07) is 9.50. The number of rotatable bonds is 3. The summed E-state index contributed by atoms with van der Waals surface area (Å²) in [4.78, 5) is 8.26. The molecule has 7 heteroatoms. The van der Waals surface area contributed by atoms with Gasteiger partial charge in [0.05, 0.1) is 23.1 Å². The van der Waals surface area contributed by atoms with Crippen molar-refractivity contribution in [3.63, 3.8) is 0 Å². The van der Waals surface area contributed by atoms with Crippen LogP contribution >= 0.6 is 12.6 Å². The number of benzene rings is 1. The Morgan fingerprint density at radius 1 is 1.23 bits per heavy atom. The highest BCUT2D eigenvalue weighted by Crippen LogP contribution is 2.30. The maximum absolute atomic E-state index is 9.22. The number of hydrogen-bond donors (Lipinski definition) is 1. The van der Waals surface area contributed by atoms with Crippen LogP contribution in [-0.2, 0) is 7.05 Å². The van der Waals surface area contributed by atoms with Gasteiger partial charge in [-0.2, -0.15) is 17.9 Å². The van der Waals surface area contributed by atoms with Crippen molar-refractivity contribution in [3.05, 3.63) is 59.8 Å². The van der Waals surface area contributed by atoms with Crippen LogP contribution < -0.4 is 0 Å². The van der Waals surface area contributed by atoms with Gasteiger partial charge in [0.25, 0.3) is 0 Å². The minimum Gasteiger partial charge on any atom is -0.312 e. The van der Waals surface area contributed by atoms with Crippen LogP contribution in [0.3, 0.4) is 0 Å². The average molecular weight is 308 g/mol. The van der Waals surface area contributed by atoms with Gasteiger partial charge in [0.1, 0.15) is 5.69 Å². The molecule has 22 heavy (non-hydrogen) atoms. The summed E-state index contributed by atoms with van der Waals surface area (Å²) >= 11 is 4.62. The number of nitriles is 1. The fourth-order valence-electron chi connectivity index (χ4n) is 2.19. The van der Waals surface area contributed by atoms with Crippen molar-refractivity contribution < 1.29 is 0 Å². The molecular formula is C15H12N6S. The van der Waals surface area contributed by atoms with Gasteiger partial charge in [-0.05, 0) is 11.6 Å². The quantitative estimate of drug-likeness (QED) is 0.750. The van der Waals surface area contributed by atoms with Crippen molar-refractivity contribution in [1.29, 1.82) is 5.26 Å². The fraction of sp³-hybridized carbons (Fsp3) is 0.133. The van der Waals surface area contributed by atoms with Gasteiger partial charge < -0.3 is 4.57 Å². The van der Waals surface area contributed by atoms with E-state index in [1.807, 2.05) is 29.8 Å². The topological polar surface area (TPSA) is 80.3 Å². The van der Waals surface area contributed by atoms with E-state index in [-0.39, 0.29) is 5.25 Å². The number of hydrogen-bond acceptors (Lipinski definition) is 6. The first-order chi connectivity index (χ1) is 10.7. The summed E-state index contributed by atoms with van der Waals surface area (Å²) in [5, 5.41) is 17.2. The minimum atomic E-state index is -0.348. The Hall–Kier alpha value is -2.72. The third-order valence-corrected chi connectivity index (χ3v) is 3.83. The maximum Gasteiger partial charge on any atom is 0.183 e. The van der Waals surface area contributed by atoms with E-state index in [1.165, 1.54) is 0 Å². The lowest BCUT2D eigenvalue weighted by atomic mass is 10.0. The Morgan fingerprint density at radius 2 is 2.05 bits per heavy atom. The van der Waals surface area contributed by atoms with Gasteiger partial charge in [0.2, 0.25) is 0 Å². The van der Waals surface area contributed by atoms with Crippen molar-refractivity contribution >= 4 is 12.6 Å². The molecule has 2 heterocycles. The first-order valence-corrected chi connectivity index (χ1v) is 7.06. The van der Waals surface area contributed by atoms with Crippen LogP contribution in [0.2, 0.25) is 0 Å². The predicted molar refractivity (Wildman–Crippen MR) is 84.0 cm³/mol. The van der Waals surface area contributed by atoms with Gasteiger partial charge in [-0.25, -0.2) is 4.98 Å². The van der Waals surface area contributed by atoms with Gasteiger partial charge in [0, 0.05) is 19.4 Å². The number of nitrogens with zero attached hydrogens (tertiary/aromatic N) is 6. The third kappa shape index (κ3) is 2.44. The summed E-state index contributed by atoms with van der Waals surface area (Å²) in [6.07, 6.45) is 4.84. The van der Waals surface area contributed by atoms with Crippen LogP contribution in [-0.4, -0.2) is 24.7 Å². The van der Waals surface area contributed by atoms with E-state index in [4.69, 9.17) is 0 Å². The first kappa shape index (κ1) is 14.2. The Morgan fingerprint density at radius 3 is 2.77 bits per heavy atom. The van der Waals surface area contributed by atoms with Crippen LogP contribution in [0, 0.1) is 11.3 Å². The zero-order valence-corrected chi connectivity index (χ0v) is 12.6.